The van der Waals surface area contributed by atoms with Crippen molar-refractivity contribution in [2.24, 2.45) is 5.16 Å². The van der Waals surface area contributed by atoms with Crippen LogP contribution < -0.4 is 11.1 Å². The Balaban J connectivity index is 1.68. The number of nitrogens with two attached hydrogens (primary N) is 1. The maximum Gasteiger partial charge on any atom is 0.357 e. The Morgan fingerprint density at radius 2 is 2.16 bits per heavy atom. The largest absolute Gasteiger partial charge is 0.425 e. The number of amides is 2. The second-order valence-corrected chi connectivity index (χ2v) is 8.56. The van der Waals surface area contributed by atoms with Gasteiger partial charge in [-0.2, -0.15) is 0 Å². The van der Waals surface area contributed by atoms with Crippen LogP contribution in [0.4, 0.5) is 5.13 Å². The molecule has 0 aliphatic carbocycles. The van der Waals surface area contributed by atoms with Gasteiger partial charge in [-0.3, -0.25) is 19.3 Å². The number of hydrogen-bond acceptors (Lipinski definition) is 12. The normalized spacial score (nSPS) is 21.0. The van der Waals surface area contributed by atoms with Crippen molar-refractivity contribution in [1.82, 2.24) is 15.2 Å². The van der Waals surface area contributed by atoms with Gasteiger partial charge in [-0.15, -0.1) is 23.1 Å². The lowest BCUT2D eigenvalue weighted by molar-refractivity contribution is -0.186. The zero-order valence-electron chi connectivity index (χ0n) is 17.4. The zero-order chi connectivity index (χ0) is 23.4. The molecule has 12 nitrogen and oxygen atoms in total. The number of aromatic nitrogens is 1. The average Bonchev–Trinajstić information content (AvgIpc) is 3.19. The van der Waals surface area contributed by atoms with Gasteiger partial charge in [0.05, 0.1) is 0 Å². The monoisotopic (exact) mass is 483 g/mol. The molecule has 1 aromatic rings. The molecule has 3 rings (SSSR count). The van der Waals surface area contributed by atoms with E-state index in [1.807, 2.05) is 0 Å². The molecular weight excluding hydrogens is 462 g/mol. The lowest BCUT2D eigenvalue weighted by Gasteiger charge is -2.48. The van der Waals surface area contributed by atoms with Crippen molar-refractivity contribution >= 4 is 57.7 Å². The van der Waals surface area contributed by atoms with E-state index in [-0.39, 0.29) is 28.7 Å². The first-order valence-corrected chi connectivity index (χ1v) is 11.4. The average molecular weight is 484 g/mol. The summed E-state index contributed by atoms with van der Waals surface area (Å²) in [5, 5.41) is 7.57. The van der Waals surface area contributed by atoms with Crippen molar-refractivity contribution in [3.63, 3.8) is 0 Å². The second kappa shape index (κ2) is 9.99. The van der Waals surface area contributed by atoms with E-state index in [0.717, 1.165) is 11.3 Å². The summed E-state index contributed by atoms with van der Waals surface area (Å²) in [6.45, 7) is 2.89. The summed E-state index contributed by atoms with van der Waals surface area (Å²) in [5.74, 6) is -2.13. The summed E-state index contributed by atoms with van der Waals surface area (Å²) in [5.41, 5.74) is 5.73. The number of nitrogens with zero attached hydrogens (tertiary/aromatic N) is 3. The molecule has 3 atom stereocenters. The highest BCUT2D eigenvalue weighted by molar-refractivity contribution is 8.00. The quantitative estimate of drug-likeness (QED) is 0.172. The van der Waals surface area contributed by atoms with E-state index in [1.165, 1.54) is 30.7 Å². The van der Waals surface area contributed by atoms with Gasteiger partial charge in [0.2, 0.25) is 6.29 Å². The van der Waals surface area contributed by atoms with Gasteiger partial charge in [0.1, 0.15) is 29.9 Å². The number of β-lactam (4-membered cyclic amide) rings is 1. The number of rotatable bonds is 8. The summed E-state index contributed by atoms with van der Waals surface area (Å²) in [6.07, 6.45) is 0.751. The molecular formula is C18H21N5O7S2. The summed E-state index contributed by atoms with van der Waals surface area (Å²) < 4.78 is 10.1. The number of carbonyl (C=O) groups excluding carboxylic acids is 4. The summed E-state index contributed by atoms with van der Waals surface area (Å²) in [6, 6.07) is -0.891. The number of esters is 2. The lowest BCUT2D eigenvalue weighted by atomic mass is 10.0. The van der Waals surface area contributed by atoms with Gasteiger partial charge < -0.3 is 25.4 Å². The third kappa shape index (κ3) is 4.85. The van der Waals surface area contributed by atoms with E-state index in [4.69, 9.17) is 20.0 Å². The molecule has 0 saturated carbocycles. The Kier molecular flexibility index (Phi) is 7.35. The molecule has 2 aliphatic heterocycles. The van der Waals surface area contributed by atoms with Crippen LogP contribution >= 0.6 is 23.1 Å². The molecule has 0 radical (unpaired) electrons. The fourth-order valence-electron chi connectivity index (χ4n) is 2.99. The fourth-order valence-corrected chi connectivity index (χ4v) is 4.73. The van der Waals surface area contributed by atoms with Gasteiger partial charge in [-0.05, 0) is 6.08 Å². The molecule has 2 unspecified atom stereocenters. The van der Waals surface area contributed by atoms with E-state index in [1.54, 1.807) is 18.4 Å². The van der Waals surface area contributed by atoms with Gasteiger partial charge in [-0.25, -0.2) is 9.78 Å². The molecule has 1 saturated heterocycles. The molecule has 3 heterocycles. The Hall–Kier alpha value is -3.13. The van der Waals surface area contributed by atoms with Crippen molar-refractivity contribution in [3.05, 3.63) is 22.8 Å². The van der Waals surface area contributed by atoms with Crippen molar-refractivity contribution in [2.75, 3.05) is 18.6 Å². The zero-order valence-corrected chi connectivity index (χ0v) is 19.0. The van der Waals surface area contributed by atoms with E-state index in [9.17, 15) is 19.2 Å². The highest BCUT2D eigenvalue weighted by Gasteiger charge is 2.53. The van der Waals surface area contributed by atoms with Crippen molar-refractivity contribution < 1.29 is 33.5 Å². The maximum atomic E-state index is 12.8. The molecule has 32 heavy (non-hydrogen) atoms. The predicted octanol–water partition coefficient (Wildman–Crippen LogP) is 0.202. The summed E-state index contributed by atoms with van der Waals surface area (Å²) in [4.78, 5) is 59.2. The van der Waals surface area contributed by atoms with Gasteiger partial charge >= 0.3 is 11.9 Å². The minimum absolute atomic E-state index is 0.0351. The Bertz CT molecular complexity index is 992. The van der Waals surface area contributed by atoms with Crippen molar-refractivity contribution in [3.8, 4) is 0 Å². The summed E-state index contributed by atoms with van der Waals surface area (Å²) in [7, 11) is 1.28. The highest BCUT2D eigenvalue weighted by atomic mass is 32.2. The third-order valence-corrected chi connectivity index (χ3v) is 6.23. The van der Waals surface area contributed by atoms with Crippen LogP contribution in [0.5, 0.6) is 0 Å². The highest BCUT2D eigenvalue weighted by Crippen LogP contribution is 2.38. The van der Waals surface area contributed by atoms with Crippen LogP contribution in [-0.2, 0) is 33.5 Å². The lowest BCUT2D eigenvalue weighted by Crippen LogP contribution is -2.70. The number of oxime groups is 1. The number of anilines is 1. The molecule has 1 aromatic heterocycles. The topological polar surface area (TPSA) is 163 Å². The van der Waals surface area contributed by atoms with Gasteiger partial charge in [0, 0.05) is 24.5 Å². The number of nitrogens with one attached hydrogen (secondary N) is 1. The number of ether oxygens (including phenoxy) is 2. The minimum atomic E-state index is -1.06. The third-order valence-electron chi connectivity index (χ3n) is 4.37. The standard InChI is InChI=1S/C18H21N5O7S2/c1-4-11(29-8(2)24)30-17(27)10-5-6-31-16-13(15(26)23(10)16)21-14(25)12(22-28-3)9-7-32-18(19)20-9/h5,7,11,13,16H,4,6H2,1-3H3,(H2,19,20)(H,21,25)/b22-12-/t11?,13?,16-/m1/s1. The van der Waals surface area contributed by atoms with E-state index in [2.05, 4.69) is 15.5 Å². The number of hydrogen-bond donors (Lipinski definition) is 2. The SMILES string of the molecule is CCC(OC(C)=O)OC(=O)C1=CCS[C@@H]2C(NC(=O)/C(=N\OC)c3csc(N)n3)C(=O)N12. The number of nitrogen functional groups attached to an aromatic ring is 1. The van der Waals surface area contributed by atoms with Crippen molar-refractivity contribution in [1.29, 1.82) is 0 Å². The second-order valence-electron chi connectivity index (χ2n) is 6.52. The van der Waals surface area contributed by atoms with Gasteiger partial charge in [-0.1, -0.05) is 12.1 Å². The predicted molar refractivity (Wildman–Crippen MR) is 115 cm³/mol. The number of fused-ring (bicyclic) bond motifs is 1. The maximum absolute atomic E-state index is 12.8. The van der Waals surface area contributed by atoms with Crippen LogP contribution in [0.2, 0.25) is 0 Å². The van der Waals surface area contributed by atoms with Gasteiger partial charge in [0.25, 0.3) is 11.8 Å². The van der Waals surface area contributed by atoms with Crippen LogP contribution in [0.15, 0.2) is 22.3 Å². The molecule has 0 aromatic carbocycles. The molecule has 0 spiro atoms. The first kappa shape index (κ1) is 23.5. The minimum Gasteiger partial charge on any atom is -0.425 e. The molecule has 1 fully saturated rings. The first-order chi connectivity index (χ1) is 15.3. The molecule has 2 aliphatic rings. The van der Waals surface area contributed by atoms with E-state index < -0.39 is 41.5 Å². The molecule has 14 heteroatoms. The van der Waals surface area contributed by atoms with Crippen molar-refractivity contribution in [2.45, 2.75) is 38.0 Å². The molecule has 2 amide bonds. The summed E-state index contributed by atoms with van der Waals surface area (Å²) >= 11 is 2.49. The van der Waals surface area contributed by atoms with E-state index >= 15 is 0 Å². The van der Waals surface area contributed by atoms with Crippen LogP contribution in [0.3, 0.4) is 0 Å². The smallest absolute Gasteiger partial charge is 0.357 e. The molecule has 0 bridgehead atoms. The number of carbonyl (C=O) groups is 4. The van der Waals surface area contributed by atoms with Crippen LogP contribution in [-0.4, -0.2) is 69.9 Å². The van der Waals surface area contributed by atoms with Crippen LogP contribution in [0, 0.1) is 0 Å². The number of thiazole rings is 1. The Morgan fingerprint density at radius 3 is 2.75 bits per heavy atom. The molecule has 3 N–H and O–H groups in total. The van der Waals surface area contributed by atoms with Gasteiger partial charge in [0.15, 0.2) is 10.8 Å². The van der Waals surface area contributed by atoms with Crippen LogP contribution in [0.25, 0.3) is 0 Å². The first-order valence-electron chi connectivity index (χ1n) is 9.43. The Morgan fingerprint density at radius 1 is 1.41 bits per heavy atom. The fraction of sp³-hybridized carbons (Fsp3) is 0.444. The van der Waals surface area contributed by atoms with Crippen LogP contribution in [0.1, 0.15) is 26.0 Å². The molecule has 172 valence electrons. The van der Waals surface area contributed by atoms with E-state index in [0.29, 0.717) is 5.75 Å². The Labute approximate surface area is 191 Å². The number of thioether (sulfide) groups is 1.